The quantitative estimate of drug-likeness (QED) is 0.591. The van der Waals surface area contributed by atoms with Crippen LogP contribution < -0.4 is 0 Å². The number of hydrogen-bond acceptors (Lipinski definition) is 1. The van der Waals surface area contributed by atoms with Gasteiger partial charge in [0.05, 0.1) is 4.99 Å². The lowest BCUT2D eigenvalue weighted by Crippen LogP contribution is -2.41. The lowest BCUT2D eigenvalue weighted by molar-refractivity contribution is 0.281. The van der Waals surface area contributed by atoms with E-state index in [0.29, 0.717) is 0 Å². The van der Waals surface area contributed by atoms with Crippen molar-refractivity contribution in [2.45, 2.75) is 46.1 Å². The van der Waals surface area contributed by atoms with E-state index in [0.717, 1.165) is 17.8 Å². The molecule has 0 atom stereocenters. The monoisotopic (exact) mass is 173 g/mol. The number of thiocarbonyl (C=S) groups is 1. The first kappa shape index (κ1) is 10.9. The number of hydrogen-bond donors (Lipinski definition) is 0. The number of nitrogens with zero attached hydrogens (tertiary/aromatic N) is 1. The molecule has 0 aromatic heterocycles. The zero-order valence-corrected chi connectivity index (χ0v) is 9.09. The van der Waals surface area contributed by atoms with Gasteiger partial charge in [0.15, 0.2) is 0 Å². The molecule has 0 rings (SSSR count). The Hall–Kier alpha value is -0.110. The van der Waals surface area contributed by atoms with Gasteiger partial charge in [-0.15, -0.1) is 0 Å². The first-order valence-corrected chi connectivity index (χ1v) is 4.57. The molecule has 0 spiro atoms. The van der Waals surface area contributed by atoms with E-state index in [9.17, 15) is 0 Å². The van der Waals surface area contributed by atoms with Crippen LogP contribution in [0.1, 0.15) is 40.5 Å². The summed E-state index contributed by atoms with van der Waals surface area (Å²) in [6.45, 7) is 8.68. The lowest BCUT2D eigenvalue weighted by atomic mass is 10.1. The van der Waals surface area contributed by atoms with Crippen LogP contribution in [0.3, 0.4) is 0 Å². The SMILES string of the molecule is CCCC(=S)N(C)C(C)(C)C. The van der Waals surface area contributed by atoms with Crippen LogP contribution in [-0.2, 0) is 0 Å². The average molecular weight is 173 g/mol. The standard InChI is InChI=1S/C9H19NS/c1-6-7-8(11)10(5)9(2,3)4/h6-7H2,1-5H3. The molecule has 0 aromatic rings. The van der Waals surface area contributed by atoms with Gasteiger partial charge >= 0.3 is 0 Å². The average Bonchev–Trinajstić information content (AvgIpc) is 1.85. The van der Waals surface area contributed by atoms with Crippen molar-refractivity contribution in [3.63, 3.8) is 0 Å². The fourth-order valence-corrected chi connectivity index (χ4v) is 1.23. The number of rotatable bonds is 2. The van der Waals surface area contributed by atoms with Crippen LogP contribution in [0.15, 0.2) is 0 Å². The fraction of sp³-hybridized carbons (Fsp3) is 0.889. The summed E-state index contributed by atoms with van der Waals surface area (Å²) in [4.78, 5) is 3.24. The Labute approximate surface area is 75.8 Å². The second-order valence-electron chi connectivity index (χ2n) is 3.87. The molecule has 0 amide bonds. The summed E-state index contributed by atoms with van der Waals surface area (Å²) in [6.07, 6.45) is 2.17. The van der Waals surface area contributed by atoms with Gasteiger partial charge < -0.3 is 4.90 Å². The molecule has 0 aromatic carbocycles. The minimum Gasteiger partial charge on any atom is -0.364 e. The van der Waals surface area contributed by atoms with Crippen LogP contribution in [0.4, 0.5) is 0 Å². The molecule has 1 nitrogen and oxygen atoms in total. The van der Waals surface area contributed by atoms with Gasteiger partial charge in [0.1, 0.15) is 0 Å². The molecule has 0 aliphatic heterocycles. The highest BCUT2D eigenvalue weighted by molar-refractivity contribution is 7.80. The molecule has 0 heterocycles. The van der Waals surface area contributed by atoms with Crippen LogP contribution in [0.5, 0.6) is 0 Å². The van der Waals surface area contributed by atoms with Crippen LogP contribution in [0, 0.1) is 0 Å². The maximum absolute atomic E-state index is 5.25. The zero-order valence-electron chi connectivity index (χ0n) is 8.27. The van der Waals surface area contributed by atoms with E-state index in [4.69, 9.17) is 12.2 Å². The first-order valence-electron chi connectivity index (χ1n) is 4.16. The van der Waals surface area contributed by atoms with Crippen molar-refractivity contribution in [1.29, 1.82) is 0 Å². The Morgan fingerprint density at radius 2 is 1.82 bits per heavy atom. The first-order chi connectivity index (χ1) is 4.89. The summed E-state index contributed by atoms with van der Waals surface area (Å²) >= 11 is 5.25. The maximum Gasteiger partial charge on any atom is 0.0780 e. The smallest absolute Gasteiger partial charge is 0.0780 e. The van der Waals surface area contributed by atoms with E-state index in [2.05, 4.69) is 39.6 Å². The molecule has 0 unspecified atom stereocenters. The highest BCUT2D eigenvalue weighted by Crippen LogP contribution is 2.13. The second kappa shape index (κ2) is 4.05. The van der Waals surface area contributed by atoms with E-state index in [1.807, 2.05) is 0 Å². The van der Waals surface area contributed by atoms with Gasteiger partial charge in [-0.2, -0.15) is 0 Å². The van der Waals surface area contributed by atoms with Crippen LogP contribution in [-0.4, -0.2) is 22.5 Å². The molecule has 2 heteroatoms. The minimum absolute atomic E-state index is 0.173. The van der Waals surface area contributed by atoms with E-state index in [-0.39, 0.29) is 5.54 Å². The van der Waals surface area contributed by atoms with Gasteiger partial charge in [0, 0.05) is 12.6 Å². The Kier molecular flexibility index (Phi) is 4.01. The van der Waals surface area contributed by atoms with Crippen LogP contribution in [0.25, 0.3) is 0 Å². The molecular weight excluding hydrogens is 154 g/mol. The lowest BCUT2D eigenvalue weighted by Gasteiger charge is -2.34. The van der Waals surface area contributed by atoms with Crippen molar-refractivity contribution >= 4 is 17.2 Å². The summed E-state index contributed by atoms with van der Waals surface area (Å²) < 4.78 is 0. The zero-order chi connectivity index (χ0) is 9.07. The van der Waals surface area contributed by atoms with Crippen LogP contribution >= 0.6 is 12.2 Å². The molecule has 66 valence electrons. The summed E-state index contributed by atoms with van der Waals surface area (Å²) in [5, 5.41) is 0. The third-order valence-corrected chi connectivity index (χ3v) is 2.32. The third kappa shape index (κ3) is 3.71. The van der Waals surface area contributed by atoms with Gasteiger partial charge in [-0.05, 0) is 33.6 Å². The van der Waals surface area contributed by atoms with E-state index in [1.165, 1.54) is 0 Å². The normalized spacial score (nSPS) is 11.4. The minimum atomic E-state index is 0.173. The molecule has 11 heavy (non-hydrogen) atoms. The Bertz CT molecular complexity index is 135. The molecule has 0 saturated carbocycles. The van der Waals surface area contributed by atoms with Crippen LogP contribution in [0.2, 0.25) is 0 Å². The van der Waals surface area contributed by atoms with Crippen molar-refractivity contribution in [3.05, 3.63) is 0 Å². The van der Waals surface area contributed by atoms with Gasteiger partial charge in [-0.3, -0.25) is 0 Å². The summed E-state index contributed by atoms with van der Waals surface area (Å²) in [5.41, 5.74) is 0.173. The molecule has 0 aliphatic rings. The van der Waals surface area contributed by atoms with Crippen molar-refractivity contribution < 1.29 is 0 Å². The molecule has 0 fully saturated rings. The van der Waals surface area contributed by atoms with Crippen molar-refractivity contribution in [2.75, 3.05) is 7.05 Å². The largest absolute Gasteiger partial charge is 0.364 e. The van der Waals surface area contributed by atoms with Gasteiger partial charge in [-0.1, -0.05) is 19.1 Å². The molecule has 0 aliphatic carbocycles. The second-order valence-corrected chi connectivity index (χ2v) is 4.34. The highest BCUT2D eigenvalue weighted by Gasteiger charge is 2.18. The van der Waals surface area contributed by atoms with E-state index < -0.39 is 0 Å². The summed E-state index contributed by atoms with van der Waals surface area (Å²) in [7, 11) is 2.07. The van der Waals surface area contributed by atoms with Gasteiger partial charge in [0.2, 0.25) is 0 Å². The van der Waals surface area contributed by atoms with Gasteiger partial charge in [0.25, 0.3) is 0 Å². The van der Waals surface area contributed by atoms with Gasteiger partial charge in [-0.25, -0.2) is 0 Å². The fourth-order valence-electron chi connectivity index (χ4n) is 0.756. The maximum atomic E-state index is 5.25. The Morgan fingerprint density at radius 1 is 1.36 bits per heavy atom. The predicted octanol–water partition coefficient (Wildman–Crippen LogP) is 2.84. The molecular formula is C9H19NS. The van der Waals surface area contributed by atoms with Crippen molar-refractivity contribution in [1.82, 2.24) is 4.90 Å². The van der Waals surface area contributed by atoms with E-state index in [1.54, 1.807) is 0 Å². The molecule has 0 bridgehead atoms. The topological polar surface area (TPSA) is 3.24 Å². The molecule has 0 N–H and O–H groups in total. The third-order valence-electron chi connectivity index (χ3n) is 1.84. The molecule has 0 radical (unpaired) electrons. The van der Waals surface area contributed by atoms with Crippen molar-refractivity contribution in [3.8, 4) is 0 Å². The highest BCUT2D eigenvalue weighted by atomic mass is 32.1. The molecule has 0 saturated heterocycles. The summed E-state index contributed by atoms with van der Waals surface area (Å²) in [5.74, 6) is 0. The van der Waals surface area contributed by atoms with Crippen molar-refractivity contribution in [2.24, 2.45) is 0 Å². The Balaban J connectivity index is 4.03. The Morgan fingerprint density at radius 3 is 2.09 bits per heavy atom. The predicted molar refractivity (Wildman–Crippen MR) is 55.0 cm³/mol. The summed E-state index contributed by atoms with van der Waals surface area (Å²) in [6, 6.07) is 0. The van der Waals surface area contributed by atoms with E-state index >= 15 is 0 Å².